The van der Waals surface area contributed by atoms with Crippen LogP contribution in [0.25, 0.3) is 0 Å². The Labute approximate surface area is 108 Å². The van der Waals surface area contributed by atoms with Gasteiger partial charge in [-0.05, 0) is 24.6 Å². The van der Waals surface area contributed by atoms with Crippen LogP contribution in [-0.2, 0) is 13.6 Å². The molecule has 1 heterocycles. The molecule has 0 saturated carbocycles. The van der Waals surface area contributed by atoms with E-state index in [1.54, 1.807) is 10.9 Å². The van der Waals surface area contributed by atoms with Crippen molar-refractivity contribution in [2.75, 3.05) is 0 Å². The van der Waals surface area contributed by atoms with Crippen LogP contribution in [-0.4, -0.2) is 19.9 Å². The lowest BCUT2D eigenvalue weighted by Crippen LogP contribution is -2.21. The van der Waals surface area contributed by atoms with Gasteiger partial charge in [0.05, 0.1) is 6.04 Å². The summed E-state index contributed by atoms with van der Waals surface area (Å²) in [6.45, 7) is 2.12. The van der Waals surface area contributed by atoms with E-state index in [0.717, 1.165) is 18.0 Å². The number of rotatable bonds is 4. The fourth-order valence-corrected chi connectivity index (χ4v) is 1.77. The van der Waals surface area contributed by atoms with E-state index >= 15 is 0 Å². The van der Waals surface area contributed by atoms with E-state index in [1.807, 2.05) is 14.0 Å². The van der Waals surface area contributed by atoms with Crippen molar-refractivity contribution >= 4 is 0 Å². The average Bonchev–Trinajstić information content (AvgIpc) is 2.79. The first-order valence-electron chi connectivity index (χ1n) is 5.73. The number of hydrogen-bond donors (Lipinski definition) is 2. The summed E-state index contributed by atoms with van der Waals surface area (Å²) >= 11 is 0. The molecule has 5 nitrogen and oxygen atoms in total. The van der Waals surface area contributed by atoms with Gasteiger partial charge in [0, 0.05) is 13.6 Å². The van der Waals surface area contributed by atoms with E-state index in [4.69, 9.17) is 5.11 Å². The molecule has 1 unspecified atom stereocenters. The number of nitrogens with one attached hydrogen (secondary N) is 1. The number of phenols is 1. The molecule has 0 aliphatic rings. The van der Waals surface area contributed by atoms with E-state index < -0.39 is 17.4 Å². The minimum absolute atomic E-state index is 0.118. The number of halogens is 2. The predicted molar refractivity (Wildman–Crippen MR) is 64.3 cm³/mol. The molecule has 0 saturated heterocycles. The number of hydrogen-bond acceptors (Lipinski definition) is 4. The Bertz CT molecular complexity index is 562. The van der Waals surface area contributed by atoms with Crippen LogP contribution in [0.1, 0.15) is 24.4 Å². The second-order valence-corrected chi connectivity index (χ2v) is 4.31. The fourth-order valence-electron chi connectivity index (χ4n) is 1.77. The minimum atomic E-state index is -0.969. The standard InChI is InChI=1S/C12H14F2N4O/c1-7(12-17-16-6-18(12)2)15-5-8-3-9(13)11(19)10(14)4-8/h3-4,6-7,15,19H,5H2,1-2H3. The lowest BCUT2D eigenvalue weighted by Gasteiger charge is -2.13. The number of aromatic nitrogens is 3. The highest BCUT2D eigenvalue weighted by Crippen LogP contribution is 2.21. The first-order chi connectivity index (χ1) is 8.99. The Hall–Kier alpha value is -2.02. The van der Waals surface area contributed by atoms with Crippen LogP contribution in [0, 0.1) is 11.6 Å². The summed E-state index contributed by atoms with van der Waals surface area (Å²) in [4.78, 5) is 0. The quantitative estimate of drug-likeness (QED) is 0.885. The second kappa shape index (κ2) is 5.31. The van der Waals surface area contributed by atoms with Gasteiger partial charge in [0.2, 0.25) is 0 Å². The van der Waals surface area contributed by atoms with Crippen LogP contribution < -0.4 is 5.32 Å². The molecule has 0 spiro atoms. The molecule has 2 aromatic rings. The molecule has 0 radical (unpaired) electrons. The molecule has 0 fully saturated rings. The molecule has 0 aliphatic carbocycles. The monoisotopic (exact) mass is 268 g/mol. The van der Waals surface area contributed by atoms with Crippen LogP contribution in [0.4, 0.5) is 8.78 Å². The molecular weight excluding hydrogens is 254 g/mol. The lowest BCUT2D eigenvalue weighted by molar-refractivity contribution is 0.394. The highest BCUT2D eigenvalue weighted by atomic mass is 19.1. The number of benzene rings is 1. The van der Waals surface area contributed by atoms with Crippen molar-refractivity contribution in [1.29, 1.82) is 0 Å². The highest BCUT2D eigenvalue weighted by molar-refractivity contribution is 5.30. The first-order valence-corrected chi connectivity index (χ1v) is 5.73. The molecule has 1 atom stereocenters. The maximum absolute atomic E-state index is 13.2. The Balaban J connectivity index is 2.05. The molecule has 0 aliphatic heterocycles. The molecule has 2 rings (SSSR count). The smallest absolute Gasteiger partial charge is 0.187 e. The van der Waals surface area contributed by atoms with Gasteiger partial charge in [0.25, 0.3) is 0 Å². The van der Waals surface area contributed by atoms with Gasteiger partial charge < -0.3 is 15.0 Å². The summed E-state index contributed by atoms with van der Waals surface area (Å²) in [5.74, 6) is -2.17. The maximum atomic E-state index is 13.2. The Morgan fingerprint density at radius 2 is 2.00 bits per heavy atom. The summed E-state index contributed by atoms with van der Waals surface area (Å²) in [7, 11) is 1.81. The molecule has 0 bridgehead atoms. The van der Waals surface area contributed by atoms with Gasteiger partial charge in [0.1, 0.15) is 12.2 Å². The van der Waals surface area contributed by atoms with Crippen LogP contribution in [0.3, 0.4) is 0 Å². The zero-order valence-electron chi connectivity index (χ0n) is 10.6. The highest BCUT2D eigenvalue weighted by Gasteiger charge is 2.13. The fraction of sp³-hybridized carbons (Fsp3) is 0.333. The van der Waals surface area contributed by atoms with Gasteiger partial charge in [-0.1, -0.05) is 0 Å². The van der Waals surface area contributed by atoms with E-state index in [1.165, 1.54) is 0 Å². The van der Waals surface area contributed by atoms with E-state index in [-0.39, 0.29) is 12.6 Å². The summed E-state index contributed by atoms with van der Waals surface area (Å²) in [6, 6.07) is 2.07. The van der Waals surface area contributed by atoms with Gasteiger partial charge in [-0.2, -0.15) is 0 Å². The lowest BCUT2D eigenvalue weighted by atomic mass is 10.2. The summed E-state index contributed by atoms with van der Waals surface area (Å²) in [5.41, 5.74) is 0.404. The van der Waals surface area contributed by atoms with Gasteiger partial charge in [-0.3, -0.25) is 0 Å². The number of aromatic hydroxyl groups is 1. The van der Waals surface area contributed by atoms with E-state index in [2.05, 4.69) is 15.5 Å². The minimum Gasteiger partial charge on any atom is -0.503 e. The normalized spacial score (nSPS) is 12.6. The van der Waals surface area contributed by atoms with Crippen LogP contribution >= 0.6 is 0 Å². The summed E-state index contributed by atoms with van der Waals surface area (Å²) < 4.78 is 28.1. The zero-order valence-corrected chi connectivity index (χ0v) is 10.6. The van der Waals surface area contributed by atoms with Crippen molar-refractivity contribution in [2.45, 2.75) is 19.5 Å². The average molecular weight is 268 g/mol. The number of aryl methyl sites for hydroxylation is 1. The second-order valence-electron chi connectivity index (χ2n) is 4.31. The van der Waals surface area contributed by atoms with Crippen molar-refractivity contribution in [3.8, 4) is 5.75 Å². The van der Waals surface area contributed by atoms with Crippen molar-refractivity contribution < 1.29 is 13.9 Å². The molecule has 2 N–H and O–H groups in total. The summed E-state index contributed by atoms with van der Waals surface area (Å²) in [5, 5.41) is 19.8. The molecule has 1 aromatic heterocycles. The topological polar surface area (TPSA) is 63.0 Å². The maximum Gasteiger partial charge on any atom is 0.187 e. The number of nitrogens with zero attached hydrogens (tertiary/aromatic N) is 3. The first kappa shape index (κ1) is 13.4. The van der Waals surface area contributed by atoms with Crippen LogP contribution in [0.15, 0.2) is 18.5 Å². The van der Waals surface area contributed by atoms with Crippen LogP contribution in [0.2, 0.25) is 0 Å². The van der Waals surface area contributed by atoms with Crippen molar-refractivity contribution in [3.63, 3.8) is 0 Å². The summed E-state index contributed by atoms with van der Waals surface area (Å²) in [6.07, 6.45) is 1.58. The third kappa shape index (κ3) is 2.87. The third-order valence-corrected chi connectivity index (χ3v) is 2.82. The molecule has 1 aromatic carbocycles. The molecule has 0 amide bonds. The molecule has 19 heavy (non-hydrogen) atoms. The largest absolute Gasteiger partial charge is 0.503 e. The molecule has 102 valence electrons. The molecule has 7 heteroatoms. The van der Waals surface area contributed by atoms with E-state index in [9.17, 15) is 8.78 Å². The Morgan fingerprint density at radius 1 is 1.37 bits per heavy atom. The van der Waals surface area contributed by atoms with Crippen molar-refractivity contribution in [1.82, 2.24) is 20.1 Å². The Morgan fingerprint density at radius 3 is 2.53 bits per heavy atom. The number of phenolic OH excluding ortho intramolecular Hbond substituents is 1. The third-order valence-electron chi connectivity index (χ3n) is 2.82. The zero-order chi connectivity index (χ0) is 14.0. The van der Waals surface area contributed by atoms with Crippen LogP contribution in [0.5, 0.6) is 5.75 Å². The predicted octanol–water partition coefficient (Wildman–Crippen LogP) is 1.65. The van der Waals surface area contributed by atoms with Gasteiger partial charge >= 0.3 is 0 Å². The Kier molecular flexibility index (Phi) is 3.75. The molecular formula is C12H14F2N4O. The van der Waals surface area contributed by atoms with Gasteiger partial charge in [0.15, 0.2) is 17.4 Å². The SMILES string of the molecule is CC(NCc1cc(F)c(O)c(F)c1)c1nncn1C. The van der Waals surface area contributed by atoms with Crippen molar-refractivity contribution in [3.05, 3.63) is 41.5 Å². The van der Waals surface area contributed by atoms with Gasteiger partial charge in [-0.25, -0.2) is 8.78 Å². The van der Waals surface area contributed by atoms with Crippen molar-refractivity contribution in [2.24, 2.45) is 7.05 Å². The van der Waals surface area contributed by atoms with Gasteiger partial charge in [-0.15, -0.1) is 10.2 Å². The van der Waals surface area contributed by atoms with E-state index in [0.29, 0.717) is 5.56 Å².